The summed E-state index contributed by atoms with van der Waals surface area (Å²) in [5, 5.41) is 7.07. The lowest BCUT2D eigenvalue weighted by molar-refractivity contribution is 1.26. The van der Waals surface area contributed by atoms with Crippen molar-refractivity contribution in [2.45, 2.75) is 0 Å². The molecule has 0 aliphatic heterocycles. The molecule has 0 aliphatic rings. The maximum Gasteiger partial charge on any atom is 0.0618 e. The highest BCUT2D eigenvalue weighted by molar-refractivity contribution is 6.22. The third-order valence-electron chi connectivity index (χ3n) is 13.1. The summed E-state index contributed by atoms with van der Waals surface area (Å²) in [6.45, 7) is 0. The first-order chi connectivity index (χ1) is 34.8. The van der Waals surface area contributed by atoms with Gasteiger partial charge in [-0.15, -0.1) is 0 Å². The van der Waals surface area contributed by atoms with E-state index in [0.717, 1.165) is 73.6 Å². The summed E-state index contributed by atoms with van der Waals surface area (Å²) >= 11 is 0. The van der Waals surface area contributed by atoms with Crippen molar-refractivity contribution in [3.05, 3.63) is 291 Å². The molecule has 12 rings (SSSR count). The molecule has 0 saturated carbocycles. The molecule has 0 atom stereocenters. The maximum atomic E-state index is 2.44. The van der Waals surface area contributed by atoms with Gasteiger partial charge in [0.05, 0.1) is 11.4 Å². The molecule has 0 heterocycles. The van der Waals surface area contributed by atoms with Crippen LogP contribution in [0.2, 0.25) is 0 Å². The molecule has 4 heteroatoms. The molecular weight excluding hydrogens is 849 g/mol. The van der Waals surface area contributed by atoms with Crippen LogP contribution in [-0.2, 0) is 0 Å². The van der Waals surface area contributed by atoms with E-state index in [1.54, 1.807) is 0 Å². The van der Waals surface area contributed by atoms with Crippen LogP contribution in [0.5, 0.6) is 0 Å². The molecule has 0 fully saturated rings. The van der Waals surface area contributed by atoms with Crippen molar-refractivity contribution in [1.82, 2.24) is 0 Å². The number of nitrogens with zero attached hydrogens (tertiary/aromatic N) is 4. The molecule has 4 nitrogen and oxygen atoms in total. The molecule has 0 aromatic heterocycles. The first-order valence-corrected chi connectivity index (χ1v) is 23.8. The minimum Gasteiger partial charge on any atom is -0.311 e. The van der Waals surface area contributed by atoms with Crippen LogP contribution in [0, 0.1) is 0 Å². The van der Waals surface area contributed by atoms with Crippen molar-refractivity contribution in [3.8, 4) is 0 Å². The SMILES string of the molecule is c1ccc(N(c2ccccc2)c2ccc(N(c3ccccc3)c3cccc4c3ccc3c(N(c5ccccc5)c5ccc(N(c6ccccc6)c6ccccc6)cc5)c5ccccc5cc34)cc2)cc1. The Morgan fingerprint density at radius 1 is 0.171 bits per heavy atom. The summed E-state index contributed by atoms with van der Waals surface area (Å²) in [7, 11) is 0. The molecule has 0 bridgehead atoms. The molecule has 0 amide bonds. The third kappa shape index (κ3) is 7.93. The van der Waals surface area contributed by atoms with Gasteiger partial charge in [0.2, 0.25) is 0 Å². The average Bonchev–Trinajstić information content (AvgIpc) is 3.44. The van der Waals surface area contributed by atoms with Crippen LogP contribution in [0.1, 0.15) is 0 Å². The van der Waals surface area contributed by atoms with Crippen molar-refractivity contribution in [2.24, 2.45) is 0 Å². The monoisotopic (exact) mass is 896 g/mol. The second-order valence-electron chi connectivity index (χ2n) is 17.4. The van der Waals surface area contributed by atoms with Gasteiger partial charge in [-0.25, -0.2) is 0 Å². The van der Waals surface area contributed by atoms with E-state index < -0.39 is 0 Å². The summed E-state index contributed by atoms with van der Waals surface area (Å²) in [6, 6.07) is 104. The van der Waals surface area contributed by atoms with Gasteiger partial charge in [-0.3, -0.25) is 0 Å². The van der Waals surface area contributed by atoms with Gasteiger partial charge >= 0.3 is 0 Å². The van der Waals surface area contributed by atoms with Crippen LogP contribution in [0.4, 0.5) is 68.2 Å². The molecule has 12 aromatic rings. The molecule has 332 valence electrons. The molecule has 0 unspecified atom stereocenters. The first kappa shape index (κ1) is 42.0. The largest absolute Gasteiger partial charge is 0.311 e. The summed E-state index contributed by atoms with van der Waals surface area (Å²) in [6.07, 6.45) is 0. The van der Waals surface area contributed by atoms with E-state index in [-0.39, 0.29) is 0 Å². The third-order valence-corrected chi connectivity index (χ3v) is 13.1. The Bertz CT molecular complexity index is 3600. The van der Waals surface area contributed by atoms with Gasteiger partial charge in [0.15, 0.2) is 0 Å². The Labute approximate surface area is 409 Å². The van der Waals surface area contributed by atoms with E-state index in [4.69, 9.17) is 0 Å². The minimum absolute atomic E-state index is 1.07. The molecular formula is C66H48N4. The Balaban J connectivity index is 1.01. The van der Waals surface area contributed by atoms with Crippen molar-refractivity contribution in [1.29, 1.82) is 0 Å². The predicted octanol–water partition coefficient (Wildman–Crippen LogP) is 19.0. The van der Waals surface area contributed by atoms with E-state index in [1.807, 2.05) is 0 Å². The van der Waals surface area contributed by atoms with Gasteiger partial charge in [-0.1, -0.05) is 158 Å². The lowest BCUT2D eigenvalue weighted by Crippen LogP contribution is -2.13. The van der Waals surface area contributed by atoms with Crippen molar-refractivity contribution in [3.63, 3.8) is 0 Å². The Morgan fingerprint density at radius 3 is 0.929 bits per heavy atom. The maximum absolute atomic E-state index is 2.44. The second-order valence-corrected chi connectivity index (χ2v) is 17.4. The first-order valence-electron chi connectivity index (χ1n) is 23.8. The second kappa shape index (κ2) is 18.7. The Morgan fingerprint density at radius 2 is 0.486 bits per heavy atom. The topological polar surface area (TPSA) is 13.0 Å². The fraction of sp³-hybridized carbons (Fsp3) is 0. The predicted molar refractivity (Wildman–Crippen MR) is 298 cm³/mol. The zero-order valence-corrected chi connectivity index (χ0v) is 38.5. The van der Waals surface area contributed by atoms with Crippen LogP contribution in [0.25, 0.3) is 32.3 Å². The molecule has 12 aromatic carbocycles. The molecule has 0 spiro atoms. The normalized spacial score (nSPS) is 11.1. The smallest absolute Gasteiger partial charge is 0.0618 e. The van der Waals surface area contributed by atoms with E-state index in [9.17, 15) is 0 Å². The van der Waals surface area contributed by atoms with Crippen molar-refractivity contribution >= 4 is 101 Å². The van der Waals surface area contributed by atoms with E-state index in [2.05, 4.69) is 311 Å². The summed E-state index contributed by atoms with van der Waals surface area (Å²) in [5.41, 5.74) is 13.1. The lowest BCUT2D eigenvalue weighted by Gasteiger charge is -2.31. The number of hydrogen-bond acceptors (Lipinski definition) is 4. The van der Waals surface area contributed by atoms with Crippen LogP contribution in [-0.4, -0.2) is 0 Å². The standard InChI is InChI=1S/C66H48N4/c1-7-23-50(24-8-1)67(51-25-9-2-10-26-51)56-38-42-58(43-39-56)69(54-31-15-5-16-32-54)65-37-21-36-61-62(65)46-47-63-64(61)48-49-22-19-20-35-60(49)66(63)70(55-33-17-6-18-34-55)59-44-40-57(41-45-59)68(52-27-11-3-12-28-52)53-29-13-4-14-30-53/h1-48H. The molecule has 0 N–H and O–H groups in total. The number of benzene rings is 12. The number of fused-ring (bicyclic) bond motifs is 4. The zero-order valence-electron chi connectivity index (χ0n) is 38.5. The molecule has 70 heavy (non-hydrogen) atoms. The van der Waals surface area contributed by atoms with E-state index >= 15 is 0 Å². The van der Waals surface area contributed by atoms with Gasteiger partial charge in [0.25, 0.3) is 0 Å². The van der Waals surface area contributed by atoms with Gasteiger partial charge < -0.3 is 19.6 Å². The Kier molecular flexibility index (Phi) is 11.2. The number of hydrogen-bond donors (Lipinski definition) is 0. The highest BCUT2D eigenvalue weighted by Gasteiger charge is 2.23. The minimum atomic E-state index is 1.07. The highest BCUT2D eigenvalue weighted by Crippen LogP contribution is 2.48. The number of anilines is 12. The molecule has 0 aliphatic carbocycles. The average molecular weight is 897 g/mol. The molecule has 0 saturated heterocycles. The summed E-state index contributed by atoms with van der Waals surface area (Å²) in [4.78, 5) is 9.44. The Hall–Kier alpha value is -9.38. The van der Waals surface area contributed by atoms with E-state index in [0.29, 0.717) is 0 Å². The summed E-state index contributed by atoms with van der Waals surface area (Å²) in [5.74, 6) is 0. The number of rotatable bonds is 12. The fourth-order valence-corrected chi connectivity index (χ4v) is 9.99. The zero-order chi connectivity index (χ0) is 46.6. The fourth-order valence-electron chi connectivity index (χ4n) is 9.99. The van der Waals surface area contributed by atoms with E-state index in [1.165, 1.54) is 26.9 Å². The van der Waals surface area contributed by atoms with Crippen LogP contribution in [0.3, 0.4) is 0 Å². The molecule has 0 radical (unpaired) electrons. The van der Waals surface area contributed by atoms with Gasteiger partial charge in [0.1, 0.15) is 0 Å². The summed E-state index contributed by atoms with van der Waals surface area (Å²) < 4.78 is 0. The van der Waals surface area contributed by atoms with Crippen molar-refractivity contribution < 1.29 is 0 Å². The van der Waals surface area contributed by atoms with Gasteiger partial charge in [0, 0.05) is 73.0 Å². The lowest BCUT2D eigenvalue weighted by atomic mass is 9.94. The van der Waals surface area contributed by atoms with Crippen molar-refractivity contribution in [2.75, 3.05) is 19.6 Å². The quantitative estimate of drug-likeness (QED) is 0.0895. The van der Waals surface area contributed by atoms with Gasteiger partial charge in [-0.05, 0) is 150 Å². The van der Waals surface area contributed by atoms with Crippen LogP contribution >= 0.6 is 0 Å². The van der Waals surface area contributed by atoms with Crippen LogP contribution in [0.15, 0.2) is 291 Å². The van der Waals surface area contributed by atoms with Crippen LogP contribution < -0.4 is 19.6 Å². The highest BCUT2D eigenvalue weighted by atomic mass is 15.2. The van der Waals surface area contributed by atoms with Gasteiger partial charge in [-0.2, -0.15) is 0 Å². The number of para-hydroxylation sites is 6.